The van der Waals surface area contributed by atoms with Gasteiger partial charge in [-0.15, -0.1) is 0 Å². The molecule has 1 aliphatic rings. The van der Waals surface area contributed by atoms with E-state index in [2.05, 4.69) is 97.9 Å². The van der Waals surface area contributed by atoms with Gasteiger partial charge in [-0.05, 0) is 85.3 Å². The van der Waals surface area contributed by atoms with Gasteiger partial charge < -0.3 is 9.64 Å². The maximum absolute atomic E-state index is 5.92. The van der Waals surface area contributed by atoms with Crippen molar-refractivity contribution in [3.63, 3.8) is 0 Å². The topological polar surface area (TPSA) is 12.5 Å². The smallest absolute Gasteiger partial charge is 0.119 e. The van der Waals surface area contributed by atoms with Crippen molar-refractivity contribution in [3.8, 4) is 5.75 Å². The van der Waals surface area contributed by atoms with Gasteiger partial charge in [-0.25, -0.2) is 0 Å². The number of hydrogen-bond donors (Lipinski definition) is 0. The van der Waals surface area contributed by atoms with Gasteiger partial charge in [0, 0.05) is 6.54 Å². The van der Waals surface area contributed by atoms with Crippen LogP contribution in [0.3, 0.4) is 0 Å². The number of rotatable bonds is 6. The number of benzene rings is 3. The molecule has 2 heteroatoms. The highest BCUT2D eigenvalue weighted by Crippen LogP contribution is 2.39. The second-order valence-corrected chi connectivity index (χ2v) is 8.26. The first-order valence-corrected chi connectivity index (χ1v) is 11.0. The molecule has 0 bridgehead atoms. The Labute approximate surface area is 180 Å². The van der Waals surface area contributed by atoms with Gasteiger partial charge in [-0.2, -0.15) is 0 Å². The standard InChI is InChI=1S/C28H31NO/c1-29(2)20-21-30-25-18-16-24(17-19-25)28(23-12-4-3-5-13-23)27-15-9-7-11-22-10-6-8-14-26(22)27/h3-6,8,10,12-14,16-19H,7,9,11,15,20-21H2,1-2H3. The summed E-state index contributed by atoms with van der Waals surface area (Å²) < 4.78 is 5.92. The summed E-state index contributed by atoms with van der Waals surface area (Å²) in [5.41, 5.74) is 8.25. The quantitative estimate of drug-likeness (QED) is 0.452. The summed E-state index contributed by atoms with van der Waals surface area (Å²) in [5.74, 6) is 0.930. The van der Waals surface area contributed by atoms with E-state index >= 15 is 0 Å². The number of aryl methyl sites for hydroxylation is 1. The van der Waals surface area contributed by atoms with Crippen molar-refractivity contribution in [2.24, 2.45) is 0 Å². The van der Waals surface area contributed by atoms with Crippen LogP contribution < -0.4 is 4.74 Å². The van der Waals surface area contributed by atoms with Gasteiger partial charge in [0.05, 0.1) is 0 Å². The molecule has 0 N–H and O–H groups in total. The fraction of sp³-hybridized carbons (Fsp3) is 0.286. The van der Waals surface area contributed by atoms with Crippen LogP contribution in [0.2, 0.25) is 0 Å². The maximum atomic E-state index is 5.92. The number of fused-ring (bicyclic) bond motifs is 1. The van der Waals surface area contributed by atoms with Crippen LogP contribution in [0.5, 0.6) is 5.75 Å². The molecule has 30 heavy (non-hydrogen) atoms. The normalized spacial score (nSPS) is 15.4. The minimum Gasteiger partial charge on any atom is -0.492 e. The van der Waals surface area contributed by atoms with Crippen LogP contribution >= 0.6 is 0 Å². The van der Waals surface area contributed by atoms with Crippen LogP contribution in [-0.2, 0) is 6.42 Å². The van der Waals surface area contributed by atoms with E-state index in [1.807, 2.05) is 0 Å². The van der Waals surface area contributed by atoms with E-state index in [9.17, 15) is 0 Å². The highest BCUT2D eigenvalue weighted by Gasteiger charge is 2.18. The Balaban J connectivity index is 1.76. The summed E-state index contributed by atoms with van der Waals surface area (Å²) in [6.45, 7) is 1.62. The molecule has 0 spiro atoms. The zero-order valence-corrected chi connectivity index (χ0v) is 18.1. The largest absolute Gasteiger partial charge is 0.492 e. The van der Waals surface area contributed by atoms with Gasteiger partial charge in [0.15, 0.2) is 0 Å². The highest BCUT2D eigenvalue weighted by molar-refractivity contribution is 5.99. The summed E-state index contributed by atoms with van der Waals surface area (Å²) in [5, 5.41) is 0. The Morgan fingerprint density at radius 1 is 0.767 bits per heavy atom. The van der Waals surface area contributed by atoms with E-state index in [0.29, 0.717) is 6.61 Å². The van der Waals surface area contributed by atoms with Crippen LogP contribution in [0.4, 0.5) is 0 Å². The summed E-state index contributed by atoms with van der Waals surface area (Å²) >= 11 is 0. The molecule has 0 heterocycles. The van der Waals surface area contributed by atoms with Gasteiger partial charge in [0.1, 0.15) is 12.4 Å². The number of hydrogen-bond acceptors (Lipinski definition) is 2. The molecule has 0 aromatic heterocycles. The average molecular weight is 398 g/mol. The predicted molar refractivity (Wildman–Crippen MR) is 127 cm³/mol. The summed E-state index contributed by atoms with van der Waals surface area (Å²) in [6.07, 6.45) is 4.76. The number of likely N-dealkylation sites (N-methyl/N-ethyl adjacent to an activating group) is 1. The Morgan fingerprint density at radius 2 is 1.43 bits per heavy atom. The molecule has 0 atom stereocenters. The van der Waals surface area contributed by atoms with Crippen molar-refractivity contribution in [1.29, 1.82) is 0 Å². The third-order valence-corrected chi connectivity index (χ3v) is 5.78. The van der Waals surface area contributed by atoms with Crippen molar-refractivity contribution in [1.82, 2.24) is 4.90 Å². The molecule has 2 nitrogen and oxygen atoms in total. The molecule has 1 aliphatic carbocycles. The number of ether oxygens (including phenoxy) is 1. The molecule has 3 aromatic carbocycles. The van der Waals surface area contributed by atoms with Gasteiger partial charge in [-0.3, -0.25) is 0 Å². The van der Waals surface area contributed by atoms with E-state index in [4.69, 9.17) is 4.74 Å². The van der Waals surface area contributed by atoms with Crippen LogP contribution in [0.1, 0.15) is 41.5 Å². The Morgan fingerprint density at radius 3 is 2.20 bits per heavy atom. The van der Waals surface area contributed by atoms with Crippen LogP contribution in [0.25, 0.3) is 11.1 Å². The minimum absolute atomic E-state index is 0.701. The van der Waals surface area contributed by atoms with E-state index < -0.39 is 0 Å². The fourth-order valence-corrected chi connectivity index (χ4v) is 4.23. The number of nitrogens with zero attached hydrogens (tertiary/aromatic N) is 1. The van der Waals surface area contributed by atoms with Crippen molar-refractivity contribution in [2.45, 2.75) is 25.7 Å². The fourth-order valence-electron chi connectivity index (χ4n) is 4.23. The van der Waals surface area contributed by atoms with Crippen molar-refractivity contribution in [2.75, 3.05) is 27.2 Å². The summed E-state index contributed by atoms with van der Waals surface area (Å²) in [7, 11) is 4.13. The minimum atomic E-state index is 0.701. The molecule has 0 aliphatic heterocycles. The van der Waals surface area contributed by atoms with Gasteiger partial charge in [0.2, 0.25) is 0 Å². The van der Waals surface area contributed by atoms with Gasteiger partial charge in [0.25, 0.3) is 0 Å². The lowest BCUT2D eigenvalue weighted by Gasteiger charge is -2.18. The maximum Gasteiger partial charge on any atom is 0.119 e. The summed E-state index contributed by atoms with van der Waals surface area (Å²) in [4.78, 5) is 2.13. The Bertz CT molecular complexity index is 987. The Kier molecular flexibility index (Phi) is 6.66. The zero-order valence-electron chi connectivity index (χ0n) is 18.1. The highest BCUT2D eigenvalue weighted by atomic mass is 16.5. The van der Waals surface area contributed by atoms with Crippen LogP contribution in [-0.4, -0.2) is 32.1 Å². The third-order valence-electron chi connectivity index (χ3n) is 5.78. The third kappa shape index (κ3) is 4.83. The van der Waals surface area contributed by atoms with E-state index in [-0.39, 0.29) is 0 Å². The molecule has 154 valence electrons. The molecule has 0 radical (unpaired) electrons. The van der Waals surface area contributed by atoms with Gasteiger partial charge >= 0.3 is 0 Å². The molecule has 0 saturated carbocycles. The van der Waals surface area contributed by atoms with Crippen LogP contribution in [0, 0.1) is 0 Å². The lowest BCUT2D eigenvalue weighted by molar-refractivity contribution is 0.261. The molecule has 0 unspecified atom stereocenters. The molecular weight excluding hydrogens is 366 g/mol. The predicted octanol–water partition coefficient (Wildman–Crippen LogP) is 6.31. The molecule has 0 saturated heterocycles. The molecular formula is C28H31NO. The van der Waals surface area contributed by atoms with Crippen LogP contribution in [0.15, 0.2) is 78.9 Å². The molecule has 0 amide bonds. The first-order chi connectivity index (χ1) is 14.7. The summed E-state index contributed by atoms with van der Waals surface area (Å²) in [6, 6.07) is 28.4. The second-order valence-electron chi connectivity index (χ2n) is 8.26. The monoisotopic (exact) mass is 397 g/mol. The zero-order chi connectivity index (χ0) is 20.8. The van der Waals surface area contributed by atoms with Crippen molar-refractivity contribution in [3.05, 3.63) is 101 Å². The Hall–Kier alpha value is -2.84. The SMILES string of the molecule is CN(C)CCOc1ccc(C(=C2CCCCc3ccccc32)c2ccccc2)cc1. The van der Waals surface area contributed by atoms with E-state index in [1.165, 1.54) is 52.7 Å². The lowest BCUT2D eigenvalue weighted by atomic mass is 9.87. The van der Waals surface area contributed by atoms with Crippen molar-refractivity contribution >= 4 is 11.1 Å². The number of allylic oxidation sites excluding steroid dienone is 1. The first-order valence-electron chi connectivity index (χ1n) is 11.0. The first kappa shape index (κ1) is 20.4. The second kappa shape index (κ2) is 9.77. The molecule has 4 rings (SSSR count). The van der Waals surface area contributed by atoms with E-state index in [1.54, 1.807) is 0 Å². The lowest BCUT2D eigenvalue weighted by Crippen LogP contribution is -2.19. The van der Waals surface area contributed by atoms with E-state index in [0.717, 1.165) is 18.7 Å². The average Bonchev–Trinajstić information content (AvgIpc) is 2.98. The van der Waals surface area contributed by atoms with Gasteiger partial charge in [-0.1, -0.05) is 66.7 Å². The molecule has 3 aromatic rings. The molecule has 0 fully saturated rings. The van der Waals surface area contributed by atoms with Crippen molar-refractivity contribution < 1.29 is 4.74 Å².